The zero-order valence-corrected chi connectivity index (χ0v) is 17.8. The van der Waals surface area contributed by atoms with Gasteiger partial charge in [-0.25, -0.2) is 4.98 Å². The van der Waals surface area contributed by atoms with Crippen molar-refractivity contribution in [3.63, 3.8) is 0 Å². The molecule has 4 heteroatoms. The van der Waals surface area contributed by atoms with E-state index in [9.17, 15) is 4.79 Å². The van der Waals surface area contributed by atoms with Crippen LogP contribution >= 0.6 is 0 Å². The van der Waals surface area contributed by atoms with Crippen LogP contribution < -0.4 is 5.32 Å². The summed E-state index contributed by atoms with van der Waals surface area (Å²) in [6.07, 6.45) is 0. The van der Waals surface area contributed by atoms with Crippen LogP contribution in [0.5, 0.6) is 0 Å². The molecule has 152 valence electrons. The van der Waals surface area contributed by atoms with Crippen molar-refractivity contribution in [1.29, 1.82) is 0 Å². The number of hydrogen-bond donors (Lipinski definition) is 1. The first kappa shape index (κ1) is 19.9. The van der Waals surface area contributed by atoms with E-state index in [4.69, 9.17) is 4.42 Å². The van der Waals surface area contributed by atoms with E-state index in [0.717, 1.165) is 16.7 Å². The average molecular weight is 399 g/mol. The molecule has 4 aromatic rings. The zero-order valence-electron chi connectivity index (χ0n) is 17.8. The topological polar surface area (TPSA) is 55.1 Å². The molecule has 0 bridgehead atoms. The van der Waals surface area contributed by atoms with Crippen LogP contribution in [0.1, 0.15) is 61.0 Å². The van der Waals surface area contributed by atoms with Crippen LogP contribution in [0.15, 0.2) is 71.1 Å². The lowest BCUT2D eigenvalue weighted by atomic mass is 10.0. The predicted molar refractivity (Wildman–Crippen MR) is 122 cm³/mol. The van der Waals surface area contributed by atoms with Gasteiger partial charge in [0, 0.05) is 16.8 Å². The number of hydrogen-bond acceptors (Lipinski definition) is 3. The standard InChI is InChI=1S/C26H26N2O2/c1-16(2)18-8-10-19(11-9-18)25(29)27-22-7-5-6-21(14-22)26-28-23-15-20(17(3)4)12-13-24(23)30-26/h5-17H,1-4H3,(H,27,29). The first-order valence-corrected chi connectivity index (χ1v) is 10.3. The molecule has 0 fully saturated rings. The minimum atomic E-state index is -0.137. The maximum Gasteiger partial charge on any atom is 0.255 e. The van der Waals surface area contributed by atoms with Crippen molar-refractivity contribution in [2.75, 3.05) is 5.32 Å². The lowest BCUT2D eigenvalue weighted by Crippen LogP contribution is -2.11. The second-order valence-corrected chi connectivity index (χ2v) is 8.21. The summed E-state index contributed by atoms with van der Waals surface area (Å²) in [6, 6.07) is 21.4. The van der Waals surface area contributed by atoms with Crippen molar-refractivity contribution in [1.82, 2.24) is 4.98 Å². The van der Waals surface area contributed by atoms with Crippen LogP contribution in [0.4, 0.5) is 5.69 Å². The Morgan fingerprint density at radius 1 is 0.867 bits per heavy atom. The summed E-state index contributed by atoms with van der Waals surface area (Å²) in [5, 5.41) is 2.97. The monoisotopic (exact) mass is 398 g/mol. The molecule has 0 atom stereocenters. The molecule has 4 rings (SSSR count). The summed E-state index contributed by atoms with van der Waals surface area (Å²) in [4.78, 5) is 17.3. The van der Waals surface area contributed by atoms with E-state index in [1.54, 1.807) is 0 Å². The highest BCUT2D eigenvalue weighted by Gasteiger charge is 2.12. The number of amides is 1. The predicted octanol–water partition coefficient (Wildman–Crippen LogP) is 6.99. The van der Waals surface area contributed by atoms with E-state index >= 15 is 0 Å². The lowest BCUT2D eigenvalue weighted by Gasteiger charge is -2.08. The minimum absolute atomic E-state index is 0.137. The molecule has 1 aromatic heterocycles. The van der Waals surface area contributed by atoms with E-state index in [-0.39, 0.29) is 5.91 Å². The van der Waals surface area contributed by atoms with E-state index in [2.05, 4.69) is 50.1 Å². The SMILES string of the molecule is CC(C)c1ccc(C(=O)Nc2cccc(-c3nc4cc(C(C)C)ccc4o3)c2)cc1. The third-order valence-electron chi connectivity index (χ3n) is 5.29. The van der Waals surface area contributed by atoms with Crippen molar-refractivity contribution in [3.05, 3.63) is 83.4 Å². The van der Waals surface area contributed by atoms with E-state index in [1.807, 2.05) is 54.6 Å². The molecule has 1 N–H and O–H groups in total. The summed E-state index contributed by atoms with van der Waals surface area (Å²) in [6.45, 7) is 8.59. The van der Waals surface area contributed by atoms with Gasteiger partial charge in [0.25, 0.3) is 5.91 Å². The van der Waals surface area contributed by atoms with Crippen LogP contribution in [0, 0.1) is 0 Å². The van der Waals surface area contributed by atoms with Gasteiger partial charge in [-0.2, -0.15) is 0 Å². The summed E-state index contributed by atoms with van der Waals surface area (Å²) in [5.41, 5.74) is 6.20. The Kier molecular flexibility index (Phi) is 5.40. The quantitative estimate of drug-likeness (QED) is 0.394. The van der Waals surface area contributed by atoms with Gasteiger partial charge in [-0.3, -0.25) is 4.79 Å². The molecule has 0 saturated carbocycles. The lowest BCUT2D eigenvalue weighted by molar-refractivity contribution is 0.102. The largest absolute Gasteiger partial charge is 0.436 e. The third-order valence-corrected chi connectivity index (χ3v) is 5.29. The summed E-state index contributed by atoms with van der Waals surface area (Å²) in [7, 11) is 0. The van der Waals surface area contributed by atoms with Gasteiger partial charge in [-0.05, 0) is 65.4 Å². The molecule has 0 radical (unpaired) electrons. The first-order chi connectivity index (χ1) is 14.4. The molecule has 4 nitrogen and oxygen atoms in total. The number of nitrogens with zero attached hydrogens (tertiary/aromatic N) is 1. The summed E-state index contributed by atoms with van der Waals surface area (Å²) >= 11 is 0. The Balaban J connectivity index is 1.56. The smallest absolute Gasteiger partial charge is 0.255 e. The number of benzene rings is 3. The van der Waals surface area contributed by atoms with Gasteiger partial charge >= 0.3 is 0 Å². The fourth-order valence-corrected chi connectivity index (χ4v) is 3.38. The molecular formula is C26H26N2O2. The summed E-state index contributed by atoms with van der Waals surface area (Å²) in [5.74, 6) is 1.28. The van der Waals surface area contributed by atoms with E-state index in [0.29, 0.717) is 29.0 Å². The van der Waals surface area contributed by atoms with E-state index < -0.39 is 0 Å². The zero-order chi connectivity index (χ0) is 21.3. The van der Waals surface area contributed by atoms with Crippen LogP contribution in [-0.2, 0) is 0 Å². The Morgan fingerprint density at radius 2 is 1.57 bits per heavy atom. The Morgan fingerprint density at radius 3 is 2.27 bits per heavy atom. The third kappa shape index (κ3) is 4.13. The number of fused-ring (bicyclic) bond motifs is 1. The van der Waals surface area contributed by atoms with Crippen molar-refractivity contribution < 1.29 is 9.21 Å². The number of aromatic nitrogens is 1. The van der Waals surface area contributed by atoms with Gasteiger partial charge in [0.05, 0.1) is 0 Å². The maximum absolute atomic E-state index is 12.6. The van der Waals surface area contributed by atoms with Gasteiger partial charge in [0.2, 0.25) is 5.89 Å². The fourth-order valence-electron chi connectivity index (χ4n) is 3.38. The van der Waals surface area contributed by atoms with Crippen LogP contribution in [0.25, 0.3) is 22.6 Å². The average Bonchev–Trinajstić information content (AvgIpc) is 3.17. The molecule has 0 saturated heterocycles. The number of anilines is 1. The van der Waals surface area contributed by atoms with Crippen LogP contribution in [-0.4, -0.2) is 10.9 Å². The molecule has 1 heterocycles. The number of rotatable bonds is 5. The van der Waals surface area contributed by atoms with Crippen molar-refractivity contribution >= 4 is 22.7 Å². The number of oxazole rings is 1. The molecular weight excluding hydrogens is 372 g/mol. The van der Waals surface area contributed by atoms with Gasteiger partial charge in [-0.15, -0.1) is 0 Å². The molecule has 1 amide bonds. The molecule has 0 aliphatic carbocycles. The second kappa shape index (κ2) is 8.15. The number of carbonyl (C=O) groups is 1. The van der Waals surface area contributed by atoms with Gasteiger partial charge in [0.1, 0.15) is 5.52 Å². The molecule has 0 aliphatic heterocycles. The minimum Gasteiger partial charge on any atom is -0.436 e. The molecule has 0 spiro atoms. The molecule has 0 unspecified atom stereocenters. The molecule has 3 aromatic carbocycles. The summed E-state index contributed by atoms with van der Waals surface area (Å²) < 4.78 is 5.95. The Hall–Kier alpha value is -3.40. The van der Waals surface area contributed by atoms with Crippen LogP contribution in [0.2, 0.25) is 0 Å². The molecule has 30 heavy (non-hydrogen) atoms. The van der Waals surface area contributed by atoms with E-state index in [1.165, 1.54) is 11.1 Å². The second-order valence-electron chi connectivity index (χ2n) is 8.21. The highest BCUT2D eigenvalue weighted by atomic mass is 16.3. The maximum atomic E-state index is 12.6. The van der Waals surface area contributed by atoms with Gasteiger partial charge in [-0.1, -0.05) is 52.0 Å². The van der Waals surface area contributed by atoms with Crippen molar-refractivity contribution in [2.45, 2.75) is 39.5 Å². The van der Waals surface area contributed by atoms with Crippen molar-refractivity contribution in [2.24, 2.45) is 0 Å². The van der Waals surface area contributed by atoms with Gasteiger partial charge < -0.3 is 9.73 Å². The van der Waals surface area contributed by atoms with Gasteiger partial charge in [0.15, 0.2) is 5.58 Å². The fraction of sp³-hybridized carbons (Fsp3) is 0.231. The highest BCUT2D eigenvalue weighted by molar-refractivity contribution is 6.04. The Labute approximate surface area is 177 Å². The first-order valence-electron chi connectivity index (χ1n) is 10.3. The number of nitrogens with one attached hydrogen (secondary N) is 1. The normalized spacial score (nSPS) is 11.4. The van der Waals surface area contributed by atoms with Crippen LogP contribution in [0.3, 0.4) is 0 Å². The highest BCUT2D eigenvalue weighted by Crippen LogP contribution is 2.28. The Bertz CT molecular complexity index is 1190. The molecule has 0 aliphatic rings. The van der Waals surface area contributed by atoms with Crippen molar-refractivity contribution in [3.8, 4) is 11.5 Å². The number of carbonyl (C=O) groups excluding carboxylic acids is 1.